The molecule has 2 nitrogen and oxygen atoms in total. The van der Waals surface area contributed by atoms with Gasteiger partial charge in [-0.2, -0.15) is 0 Å². The lowest BCUT2D eigenvalue weighted by Crippen LogP contribution is -2.55. The van der Waals surface area contributed by atoms with Crippen molar-refractivity contribution in [3.63, 3.8) is 0 Å². The van der Waals surface area contributed by atoms with Gasteiger partial charge in [0.25, 0.3) is 0 Å². The second-order valence-corrected chi connectivity index (χ2v) is 7.21. The van der Waals surface area contributed by atoms with Crippen LogP contribution >= 0.6 is 0 Å². The predicted octanol–water partition coefficient (Wildman–Crippen LogP) is 3.84. The van der Waals surface area contributed by atoms with E-state index >= 15 is 0 Å². The zero-order valence-electron chi connectivity index (χ0n) is 13.1. The molecule has 3 aliphatic rings. The van der Waals surface area contributed by atoms with Gasteiger partial charge in [-0.15, -0.1) is 0 Å². The summed E-state index contributed by atoms with van der Waals surface area (Å²) >= 11 is 0. The van der Waals surface area contributed by atoms with Crippen LogP contribution in [0.5, 0.6) is 0 Å². The van der Waals surface area contributed by atoms with Crippen LogP contribution in [0.1, 0.15) is 56.6 Å². The van der Waals surface area contributed by atoms with Crippen LogP contribution in [0.4, 0.5) is 0 Å². The minimum Gasteiger partial charge on any atom is -0.297 e. The van der Waals surface area contributed by atoms with Crippen LogP contribution in [-0.2, 0) is 0 Å². The Kier molecular flexibility index (Phi) is 4.00. The zero-order chi connectivity index (χ0) is 14.1. The fourth-order valence-corrected chi connectivity index (χ4v) is 4.83. The second-order valence-electron chi connectivity index (χ2n) is 7.21. The van der Waals surface area contributed by atoms with Gasteiger partial charge in [0.05, 0.1) is 0 Å². The van der Waals surface area contributed by atoms with Crippen LogP contribution < -0.4 is 0 Å². The minimum atomic E-state index is 0.628. The smallest absolute Gasteiger partial charge is 0.0478 e. The molecule has 2 aliphatic heterocycles. The summed E-state index contributed by atoms with van der Waals surface area (Å²) in [5.41, 5.74) is 1.54. The quantitative estimate of drug-likeness (QED) is 0.814. The Morgan fingerprint density at radius 2 is 1.52 bits per heavy atom. The van der Waals surface area contributed by atoms with Gasteiger partial charge in [-0.05, 0) is 37.8 Å². The topological polar surface area (TPSA) is 6.48 Å². The van der Waals surface area contributed by atoms with E-state index in [1.165, 1.54) is 70.1 Å². The van der Waals surface area contributed by atoms with Crippen molar-refractivity contribution in [1.29, 1.82) is 0 Å². The molecule has 1 aromatic rings. The molecule has 0 aromatic heterocycles. The molecule has 0 N–H and O–H groups in total. The number of benzene rings is 1. The molecule has 1 aromatic carbocycles. The van der Waals surface area contributed by atoms with Gasteiger partial charge in [0.15, 0.2) is 0 Å². The molecule has 3 fully saturated rings. The van der Waals surface area contributed by atoms with Crippen LogP contribution in [0.25, 0.3) is 0 Å². The first-order valence-corrected chi connectivity index (χ1v) is 8.96. The Morgan fingerprint density at radius 1 is 0.762 bits per heavy atom. The number of hydrogen-bond donors (Lipinski definition) is 0. The summed E-state index contributed by atoms with van der Waals surface area (Å²) in [7, 11) is 0. The minimum absolute atomic E-state index is 0.628. The van der Waals surface area contributed by atoms with E-state index in [1.54, 1.807) is 0 Å². The summed E-state index contributed by atoms with van der Waals surface area (Å²) in [6.45, 7) is 3.89. The molecule has 4 rings (SSSR count). The molecule has 21 heavy (non-hydrogen) atoms. The first kappa shape index (κ1) is 13.8. The van der Waals surface area contributed by atoms with Gasteiger partial charge in [0.1, 0.15) is 0 Å². The van der Waals surface area contributed by atoms with E-state index < -0.39 is 0 Å². The molecular formula is C19H28N2. The van der Waals surface area contributed by atoms with Gasteiger partial charge < -0.3 is 0 Å². The fourth-order valence-electron chi connectivity index (χ4n) is 4.83. The molecule has 2 heterocycles. The molecule has 2 heteroatoms. The maximum Gasteiger partial charge on any atom is 0.0478 e. The van der Waals surface area contributed by atoms with E-state index in [1.807, 2.05) is 0 Å². The normalized spacial score (nSPS) is 32.2. The van der Waals surface area contributed by atoms with E-state index in [0.717, 1.165) is 12.1 Å². The number of piperazine rings is 1. The van der Waals surface area contributed by atoms with E-state index in [9.17, 15) is 0 Å². The molecule has 1 aliphatic carbocycles. The van der Waals surface area contributed by atoms with Crippen LogP contribution in [0.15, 0.2) is 30.3 Å². The number of fused-ring (bicyclic) bond motifs is 1. The molecule has 1 saturated carbocycles. The number of hydrogen-bond acceptors (Lipinski definition) is 2. The molecule has 0 bridgehead atoms. The Hall–Kier alpha value is -0.860. The van der Waals surface area contributed by atoms with Crippen molar-refractivity contribution in [3.05, 3.63) is 35.9 Å². The van der Waals surface area contributed by atoms with Crippen LogP contribution in [0.3, 0.4) is 0 Å². The third-order valence-electron chi connectivity index (χ3n) is 5.96. The molecule has 0 spiro atoms. The maximum atomic E-state index is 2.89. The Morgan fingerprint density at radius 3 is 2.33 bits per heavy atom. The average molecular weight is 284 g/mol. The highest BCUT2D eigenvalue weighted by atomic mass is 15.3. The molecule has 0 radical (unpaired) electrons. The largest absolute Gasteiger partial charge is 0.297 e. The Bertz CT molecular complexity index is 452. The lowest BCUT2D eigenvalue weighted by Gasteiger charge is -2.48. The van der Waals surface area contributed by atoms with Gasteiger partial charge in [0.2, 0.25) is 0 Å². The Labute approximate surface area is 129 Å². The molecule has 0 amide bonds. The standard InChI is InChI=1S/C19H28N2/c1-3-8-16(9-4-1)19-15-20-13-7-12-18(20)14-21(19)17-10-5-2-6-11-17/h1,3-4,8-9,17-19H,2,5-7,10-15H2. The maximum absolute atomic E-state index is 2.89. The van der Waals surface area contributed by atoms with Crippen molar-refractivity contribution in [3.8, 4) is 0 Å². The third kappa shape index (κ3) is 2.76. The van der Waals surface area contributed by atoms with Gasteiger partial charge >= 0.3 is 0 Å². The fraction of sp³-hybridized carbons (Fsp3) is 0.684. The average Bonchev–Trinajstić information content (AvgIpc) is 3.03. The summed E-state index contributed by atoms with van der Waals surface area (Å²) in [5, 5.41) is 0. The highest BCUT2D eigenvalue weighted by Gasteiger charge is 2.39. The monoisotopic (exact) mass is 284 g/mol. The second kappa shape index (κ2) is 6.10. The molecule has 2 saturated heterocycles. The van der Waals surface area contributed by atoms with E-state index in [0.29, 0.717) is 6.04 Å². The first-order valence-electron chi connectivity index (χ1n) is 8.96. The van der Waals surface area contributed by atoms with Gasteiger partial charge in [0, 0.05) is 31.2 Å². The summed E-state index contributed by atoms with van der Waals surface area (Å²) < 4.78 is 0. The summed E-state index contributed by atoms with van der Waals surface area (Å²) in [5.74, 6) is 0. The SMILES string of the molecule is c1ccc(C2CN3CCCC3CN2C2CCCCC2)cc1. The van der Waals surface area contributed by atoms with E-state index in [-0.39, 0.29) is 0 Å². The van der Waals surface area contributed by atoms with Crippen molar-refractivity contribution < 1.29 is 0 Å². The molecule has 2 atom stereocenters. The summed E-state index contributed by atoms with van der Waals surface area (Å²) in [6.07, 6.45) is 10.0. The highest BCUT2D eigenvalue weighted by molar-refractivity contribution is 5.21. The van der Waals surface area contributed by atoms with E-state index in [2.05, 4.69) is 40.1 Å². The molecular weight excluding hydrogens is 256 g/mol. The molecule has 114 valence electrons. The van der Waals surface area contributed by atoms with Crippen LogP contribution in [-0.4, -0.2) is 41.5 Å². The number of rotatable bonds is 2. The van der Waals surface area contributed by atoms with Gasteiger partial charge in [-0.25, -0.2) is 0 Å². The number of nitrogens with zero attached hydrogens (tertiary/aromatic N) is 2. The highest BCUT2D eigenvalue weighted by Crippen LogP contribution is 2.37. The van der Waals surface area contributed by atoms with Crippen LogP contribution in [0.2, 0.25) is 0 Å². The lowest BCUT2D eigenvalue weighted by molar-refractivity contribution is 0.00749. The van der Waals surface area contributed by atoms with Crippen molar-refractivity contribution in [2.45, 2.75) is 63.1 Å². The zero-order valence-corrected chi connectivity index (χ0v) is 13.1. The van der Waals surface area contributed by atoms with Crippen molar-refractivity contribution in [2.24, 2.45) is 0 Å². The lowest BCUT2D eigenvalue weighted by atomic mass is 9.90. The van der Waals surface area contributed by atoms with E-state index in [4.69, 9.17) is 0 Å². The van der Waals surface area contributed by atoms with Crippen LogP contribution in [0, 0.1) is 0 Å². The van der Waals surface area contributed by atoms with Gasteiger partial charge in [-0.1, -0.05) is 49.6 Å². The Balaban J connectivity index is 1.59. The molecule has 2 unspecified atom stereocenters. The first-order chi connectivity index (χ1) is 10.4. The van der Waals surface area contributed by atoms with Crippen molar-refractivity contribution in [2.75, 3.05) is 19.6 Å². The summed E-state index contributed by atoms with van der Waals surface area (Å²) in [6, 6.07) is 13.6. The van der Waals surface area contributed by atoms with Crippen molar-refractivity contribution >= 4 is 0 Å². The summed E-state index contributed by atoms with van der Waals surface area (Å²) in [4.78, 5) is 5.65. The van der Waals surface area contributed by atoms with Crippen molar-refractivity contribution in [1.82, 2.24) is 9.80 Å². The predicted molar refractivity (Wildman–Crippen MR) is 87.4 cm³/mol. The third-order valence-corrected chi connectivity index (χ3v) is 5.96. The van der Waals surface area contributed by atoms with Gasteiger partial charge in [-0.3, -0.25) is 9.80 Å².